The molecule has 1 atom stereocenters. The molecule has 1 aromatic rings. The number of hydrogen-bond acceptors (Lipinski definition) is 3. The summed E-state index contributed by atoms with van der Waals surface area (Å²) in [5.41, 5.74) is 5.79. The van der Waals surface area contributed by atoms with E-state index in [-0.39, 0.29) is 17.9 Å². The Morgan fingerprint density at radius 1 is 1.29 bits per heavy atom. The van der Waals surface area contributed by atoms with Crippen molar-refractivity contribution in [2.45, 2.75) is 44.6 Å². The van der Waals surface area contributed by atoms with Crippen molar-refractivity contribution < 1.29 is 9.90 Å². The Morgan fingerprint density at radius 2 is 1.90 bits per heavy atom. The van der Waals surface area contributed by atoms with Gasteiger partial charge < -0.3 is 16.2 Å². The average molecular weight is 290 g/mol. The summed E-state index contributed by atoms with van der Waals surface area (Å²) < 4.78 is 0. The van der Waals surface area contributed by atoms with E-state index in [4.69, 9.17) is 5.73 Å². The fourth-order valence-electron chi connectivity index (χ4n) is 3.06. The number of aliphatic hydroxyl groups is 1. The molecule has 1 aliphatic carbocycles. The van der Waals surface area contributed by atoms with Gasteiger partial charge in [0, 0.05) is 12.0 Å². The van der Waals surface area contributed by atoms with E-state index in [1.807, 2.05) is 30.3 Å². The molecule has 0 aliphatic heterocycles. The van der Waals surface area contributed by atoms with Crippen LogP contribution in [0.5, 0.6) is 0 Å². The predicted octanol–water partition coefficient (Wildman–Crippen LogP) is 1.92. The van der Waals surface area contributed by atoms with Crippen LogP contribution >= 0.6 is 0 Å². The first-order valence-corrected chi connectivity index (χ1v) is 7.74. The second-order valence-corrected chi connectivity index (χ2v) is 6.47. The molecule has 0 radical (unpaired) electrons. The molecule has 2 rings (SSSR count). The highest BCUT2D eigenvalue weighted by Crippen LogP contribution is 2.35. The summed E-state index contributed by atoms with van der Waals surface area (Å²) in [7, 11) is 0. The summed E-state index contributed by atoms with van der Waals surface area (Å²) >= 11 is 0. The monoisotopic (exact) mass is 290 g/mol. The molecule has 1 amide bonds. The molecular formula is C17H26N2O2. The molecule has 0 bridgehead atoms. The first-order valence-electron chi connectivity index (χ1n) is 7.74. The normalized spacial score (nSPS) is 20.5. The van der Waals surface area contributed by atoms with Crippen molar-refractivity contribution in [1.82, 2.24) is 5.32 Å². The molecule has 0 spiro atoms. The van der Waals surface area contributed by atoms with Gasteiger partial charge in [-0.2, -0.15) is 0 Å². The number of rotatable bonds is 5. The van der Waals surface area contributed by atoms with E-state index in [1.165, 1.54) is 6.42 Å². The zero-order valence-corrected chi connectivity index (χ0v) is 12.8. The molecule has 1 saturated carbocycles. The highest BCUT2D eigenvalue weighted by atomic mass is 16.3. The van der Waals surface area contributed by atoms with Gasteiger partial charge in [-0.05, 0) is 25.3 Å². The summed E-state index contributed by atoms with van der Waals surface area (Å²) in [6, 6.07) is 9.39. The Morgan fingerprint density at radius 3 is 2.48 bits per heavy atom. The van der Waals surface area contributed by atoms with E-state index in [2.05, 4.69) is 5.32 Å². The third kappa shape index (κ3) is 3.63. The molecule has 1 aromatic carbocycles. The lowest BCUT2D eigenvalue weighted by Gasteiger charge is -2.36. The number of benzene rings is 1. The number of aliphatic hydroxyl groups excluding tert-OH is 1. The largest absolute Gasteiger partial charge is 0.396 e. The molecular weight excluding hydrogens is 264 g/mol. The van der Waals surface area contributed by atoms with Crippen molar-refractivity contribution in [3.8, 4) is 0 Å². The van der Waals surface area contributed by atoms with Gasteiger partial charge in [-0.3, -0.25) is 4.79 Å². The summed E-state index contributed by atoms with van der Waals surface area (Å²) in [6.07, 6.45) is 5.39. The van der Waals surface area contributed by atoms with Crippen molar-refractivity contribution in [2.24, 2.45) is 11.1 Å². The van der Waals surface area contributed by atoms with Gasteiger partial charge in [-0.1, -0.05) is 49.6 Å². The van der Waals surface area contributed by atoms with Gasteiger partial charge in [0.2, 0.25) is 5.91 Å². The van der Waals surface area contributed by atoms with Crippen LogP contribution in [-0.4, -0.2) is 24.2 Å². The SMILES string of the molecule is CC(N)(C(=O)NCC1(CO)CCCCC1)c1ccccc1. The van der Waals surface area contributed by atoms with Crippen LogP contribution in [0.15, 0.2) is 30.3 Å². The van der Waals surface area contributed by atoms with E-state index < -0.39 is 5.54 Å². The van der Waals surface area contributed by atoms with Crippen molar-refractivity contribution >= 4 is 5.91 Å². The highest BCUT2D eigenvalue weighted by Gasteiger charge is 2.35. The quantitative estimate of drug-likeness (QED) is 0.775. The lowest BCUT2D eigenvalue weighted by molar-refractivity contribution is -0.127. The van der Waals surface area contributed by atoms with E-state index in [0.717, 1.165) is 31.2 Å². The second kappa shape index (κ2) is 6.58. The predicted molar refractivity (Wildman–Crippen MR) is 83.6 cm³/mol. The van der Waals surface area contributed by atoms with Crippen molar-refractivity contribution in [1.29, 1.82) is 0 Å². The van der Waals surface area contributed by atoms with Crippen LogP contribution in [0.3, 0.4) is 0 Å². The van der Waals surface area contributed by atoms with Crippen LogP contribution in [-0.2, 0) is 10.3 Å². The van der Waals surface area contributed by atoms with Crippen LogP contribution in [0.2, 0.25) is 0 Å². The maximum absolute atomic E-state index is 12.4. The van der Waals surface area contributed by atoms with Crippen LogP contribution in [0.25, 0.3) is 0 Å². The summed E-state index contributed by atoms with van der Waals surface area (Å²) in [5.74, 6) is -0.188. The molecule has 4 N–H and O–H groups in total. The van der Waals surface area contributed by atoms with Crippen molar-refractivity contribution in [3.05, 3.63) is 35.9 Å². The van der Waals surface area contributed by atoms with Crippen LogP contribution < -0.4 is 11.1 Å². The van der Waals surface area contributed by atoms with E-state index in [1.54, 1.807) is 6.92 Å². The van der Waals surface area contributed by atoms with Gasteiger partial charge in [-0.15, -0.1) is 0 Å². The standard InChI is InChI=1S/C17H26N2O2/c1-16(18,14-8-4-2-5-9-14)15(21)19-12-17(13-20)10-6-3-7-11-17/h2,4-5,8-9,20H,3,6-7,10-13,18H2,1H3,(H,19,21). The number of nitrogens with one attached hydrogen (secondary N) is 1. The molecule has 0 saturated heterocycles. The molecule has 4 nitrogen and oxygen atoms in total. The van der Waals surface area contributed by atoms with Crippen LogP contribution in [0.1, 0.15) is 44.6 Å². The maximum atomic E-state index is 12.4. The zero-order valence-electron chi connectivity index (χ0n) is 12.8. The van der Waals surface area contributed by atoms with Crippen LogP contribution in [0, 0.1) is 5.41 Å². The minimum Gasteiger partial charge on any atom is -0.396 e. The van der Waals surface area contributed by atoms with Gasteiger partial charge in [0.1, 0.15) is 5.54 Å². The third-order valence-electron chi connectivity index (χ3n) is 4.72. The van der Waals surface area contributed by atoms with Crippen molar-refractivity contribution in [2.75, 3.05) is 13.2 Å². The Hall–Kier alpha value is -1.39. The first-order chi connectivity index (χ1) is 10.0. The van der Waals surface area contributed by atoms with Gasteiger partial charge in [0.15, 0.2) is 0 Å². The minimum atomic E-state index is -1.05. The Bertz CT molecular complexity index is 465. The van der Waals surface area contributed by atoms with Gasteiger partial charge in [0.05, 0.1) is 6.61 Å². The zero-order chi connectivity index (χ0) is 15.3. The third-order valence-corrected chi connectivity index (χ3v) is 4.72. The molecule has 0 aromatic heterocycles. The fourth-order valence-corrected chi connectivity index (χ4v) is 3.06. The summed E-state index contributed by atoms with van der Waals surface area (Å²) in [5, 5.41) is 12.7. The number of amides is 1. The molecule has 1 aliphatic rings. The molecule has 4 heteroatoms. The second-order valence-electron chi connectivity index (χ2n) is 6.47. The molecule has 1 unspecified atom stereocenters. The molecule has 1 fully saturated rings. The summed E-state index contributed by atoms with van der Waals surface area (Å²) in [6.45, 7) is 2.35. The van der Waals surface area contributed by atoms with Crippen LogP contribution in [0.4, 0.5) is 0 Å². The van der Waals surface area contributed by atoms with E-state index in [9.17, 15) is 9.90 Å². The van der Waals surface area contributed by atoms with Gasteiger partial charge in [-0.25, -0.2) is 0 Å². The van der Waals surface area contributed by atoms with Gasteiger partial charge in [0.25, 0.3) is 0 Å². The Balaban J connectivity index is 2.00. The lowest BCUT2D eigenvalue weighted by Crippen LogP contribution is -2.52. The molecule has 116 valence electrons. The number of carbonyl (C=O) groups is 1. The molecule has 21 heavy (non-hydrogen) atoms. The lowest BCUT2D eigenvalue weighted by atomic mass is 9.74. The molecule has 0 heterocycles. The summed E-state index contributed by atoms with van der Waals surface area (Å²) in [4.78, 5) is 12.4. The fraction of sp³-hybridized carbons (Fsp3) is 0.588. The smallest absolute Gasteiger partial charge is 0.244 e. The first kappa shape index (κ1) is 16.0. The Labute approximate surface area is 126 Å². The number of hydrogen-bond donors (Lipinski definition) is 3. The van der Waals surface area contributed by atoms with Gasteiger partial charge >= 0.3 is 0 Å². The van der Waals surface area contributed by atoms with E-state index >= 15 is 0 Å². The topological polar surface area (TPSA) is 75.4 Å². The minimum absolute atomic E-state index is 0.125. The van der Waals surface area contributed by atoms with Crippen molar-refractivity contribution in [3.63, 3.8) is 0 Å². The number of nitrogens with two attached hydrogens (primary N) is 1. The number of carbonyl (C=O) groups excluding carboxylic acids is 1. The Kier molecular flexibility index (Phi) is 5.01. The average Bonchev–Trinajstić information content (AvgIpc) is 2.54. The highest BCUT2D eigenvalue weighted by molar-refractivity contribution is 5.87. The maximum Gasteiger partial charge on any atom is 0.244 e. The van der Waals surface area contributed by atoms with E-state index in [0.29, 0.717) is 6.54 Å².